The van der Waals surface area contributed by atoms with Crippen LogP contribution in [-0.2, 0) is 19.1 Å². The number of fused-ring (bicyclic) bond motifs is 5. The lowest BCUT2D eigenvalue weighted by Crippen LogP contribution is -2.59. The zero-order valence-electron chi connectivity index (χ0n) is 27.5. The molecule has 0 N–H and O–H groups in total. The van der Waals surface area contributed by atoms with E-state index in [1.54, 1.807) is 6.92 Å². The normalized spacial score (nSPS) is 36.6. The topological polar surface area (TPSA) is 52.6 Å². The zero-order valence-corrected chi connectivity index (χ0v) is 27.5. The highest BCUT2D eigenvalue weighted by atomic mass is 16.5. The van der Waals surface area contributed by atoms with Crippen LogP contribution in [0.5, 0.6) is 0 Å². The van der Waals surface area contributed by atoms with E-state index in [2.05, 4.69) is 87.5 Å². The molecule has 0 aliphatic heterocycles. The molecule has 0 unspecified atom stereocenters. The Labute approximate surface area is 265 Å². The molecule has 2 aromatic rings. The number of carbonyl (C=O) groups excluding carboxylic acids is 2. The Morgan fingerprint density at radius 1 is 0.818 bits per heavy atom. The summed E-state index contributed by atoms with van der Waals surface area (Å²) in [6.07, 6.45) is 12.4. The van der Waals surface area contributed by atoms with Crippen LogP contribution in [0, 0.1) is 46.3 Å². The average molecular weight is 597 g/mol. The summed E-state index contributed by atoms with van der Waals surface area (Å²) in [5.74, 6) is 3.07. The largest absolute Gasteiger partial charge is 0.463 e. The Morgan fingerprint density at radius 3 is 2.07 bits per heavy atom. The van der Waals surface area contributed by atoms with Gasteiger partial charge in [-0.05, 0) is 115 Å². The van der Waals surface area contributed by atoms with Gasteiger partial charge in [-0.15, -0.1) is 0 Å². The SMILES string of the molecule is CC(=O)O[C@H]1CC[C@@]2(C)[C@@H](CC[C@H]3[C@H]2C[C@H](OC(C)=O)[C@@]2(C)[C@H]3CC[C@H]2[C@H](C)CC=C(c2ccccc2)c2ccccc2)C1. The van der Waals surface area contributed by atoms with Gasteiger partial charge < -0.3 is 9.47 Å². The molecule has 4 fully saturated rings. The summed E-state index contributed by atoms with van der Waals surface area (Å²) in [6, 6.07) is 21.5. The van der Waals surface area contributed by atoms with Crippen molar-refractivity contribution in [1.29, 1.82) is 0 Å². The van der Waals surface area contributed by atoms with Crippen LogP contribution < -0.4 is 0 Å². The van der Waals surface area contributed by atoms with Crippen molar-refractivity contribution in [1.82, 2.24) is 0 Å². The lowest BCUT2D eigenvalue weighted by atomic mass is 9.43. The molecule has 4 heteroatoms. The van der Waals surface area contributed by atoms with Gasteiger partial charge in [-0.25, -0.2) is 0 Å². The van der Waals surface area contributed by atoms with Gasteiger partial charge in [0.2, 0.25) is 0 Å². The van der Waals surface area contributed by atoms with Gasteiger partial charge in [-0.3, -0.25) is 9.59 Å². The van der Waals surface area contributed by atoms with Crippen molar-refractivity contribution in [2.75, 3.05) is 0 Å². The van der Waals surface area contributed by atoms with Gasteiger partial charge >= 0.3 is 11.9 Å². The van der Waals surface area contributed by atoms with Crippen molar-refractivity contribution < 1.29 is 19.1 Å². The molecule has 2 aromatic carbocycles. The lowest BCUT2D eigenvalue weighted by Gasteiger charge is -2.62. The van der Waals surface area contributed by atoms with Crippen molar-refractivity contribution in [2.45, 2.75) is 105 Å². The number of ether oxygens (including phenoxy) is 2. The van der Waals surface area contributed by atoms with Crippen molar-refractivity contribution in [3.8, 4) is 0 Å². The maximum Gasteiger partial charge on any atom is 0.302 e. The number of carbonyl (C=O) groups is 2. The minimum Gasteiger partial charge on any atom is -0.463 e. The van der Waals surface area contributed by atoms with E-state index in [1.165, 1.54) is 49.3 Å². The minimum atomic E-state index is -0.156. The molecule has 4 aliphatic rings. The molecular weight excluding hydrogens is 544 g/mol. The Hall–Kier alpha value is -2.88. The molecule has 236 valence electrons. The second-order valence-corrected chi connectivity index (χ2v) is 15.1. The molecule has 44 heavy (non-hydrogen) atoms. The van der Waals surface area contributed by atoms with Gasteiger partial charge in [0, 0.05) is 19.3 Å². The number of hydrogen-bond donors (Lipinski definition) is 0. The maximum absolute atomic E-state index is 12.6. The number of hydrogen-bond acceptors (Lipinski definition) is 4. The molecule has 0 aromatic heterocycles. The smallest absolute Gasteiger partial charge is 0.302 e. The zero-order chi connectivity index (χ0) is 31.1. The fourth-order valence-corrected chi connectivity index (χ4v) is 10.9. The van der Waals surface area contributed by atoms with Gasteiger partial charge in [0.15, 0.2) is 0 Å². The number of esters is 2. The summed E-state index contributed by atoms with van der Waals surface area (Å²) < 4.78 is 12.1. The summed E-state index contributed by atoms with van der Waals surface area (Å²) in [7, 11) is 0. The van der Waals surface area contributed by atoms with Crippen molar-refractivity contribution in [3.05, 3.63) is 77.9 Å². The summed E-state index contributed by atoms with van der Waals surface area (Å²) in [4.78, 5) is 24.4. The summed E-state index contributed by atoms with van der Waals surface area (Å²) >= 11 is 0. The Balaban J connectivity index is 1.26. The predicted octanol–water partition coefficient (Wildman–Crippen LogP) is 9.28. The van der Waals surface area contributed by atoms with Crippen LogP contribution in [0.3, 0.4) is 0 Å². The highest BCUT2D eigenvalue weighted by Crippen LogP contribution is 2.69. The van der Waals surface area contributed by atoms with Crippen molar-refractivity contribution in [3.63, 3.8) is 0 Å². The number of benzene rings is 2. The molecule has 6 rings (SSSR count). The third kappa shape index (κ3) is 5.67. The average Bonchev–Trinajstić information content (AvgIpc) is 3.37. The molecule has 4 aliphatic carbocycles. The van der Waals surface area contributed by atoms with E-state index < -0.39 is 0 Å². The molecule has 4 saturated carbocycles. The third-order valence-electron chi connectivity index (χ3n) is 13.0. The van der Waals surface area contributed by atoms with Crippen LogP contribution >= 0.6 is 0 Å². The standard InChI is InChI=1S/C40H52O4/c1-26(16-18-33(29-12-8-6-9-13-29)30-14-10-7-11-15-30)35-20-21-36-34-19-17-31-24-32(43-27(2)41)22-23-39(31,4)37(34)25-38(40(35,36)5)44-28(3)42/h6-15,18,26,31-32,34-38H,16-17,19-25H2,1-5H3/t26-,31+,32+,34-,35+,36+,37-,38+,39+,40-/m1/s1. The van der Waals surface area contributed by atoms with Gasteiger partial charge in [-0.1, -0.05) is 87.5 Å². The third-order valence-corrected chi connectivity index (χ3v) is 13.0. The number of rotatable bonds is 7. The van der Waals surface area contributed by atoms with Crippen LogP contribution in [0.15, 0.2) is 66.7 Å². The first kappa shape index (κ1) is 31.1. The van der Waals surface area contributed by atoms with Crippen LogP contribution in [0.2, 0.25) is 0 Å². The van der Waals surface area contributed by atoms with E-state index in [4.69, 9.17) is 9.47 Å². The van der Waals surface area contributed by atoms with Gasteiger partial charge in [-0.2, -0.15) is 0 Å². The molecule has 0 spiro atoms. The van der Waals surface area contributed by atoms with Gasteiger partial charge in [0.05, 0.1) is 0 Å². The molecule has 4 nitrogen and oxygen atoms in total. The molecular formula is C40H52O4. The minimum absolute atomic E-state index is 0.0160. The highest BCUT2D eigenvalue weighted by Gasteiger charge is 2.65. The van der Waals surface area contributed by atoms with E-state index >= 15 is 0 Å². The van der Waals surface area contributed by atoms with E-state index in [9.17, 15) is 9.59 Å². The summed E-state index contributed by atoms with van der Waals surface area (Å²) in [5, 5.41) is 0. The van der Waals surface area contributed by atoms with E-state index in [-0.39, 0.29) is 35.0 Å². The summed E-state index contributed by atoms with van der Waals surface area (Å²) in [6.45, 7) is 10.6. The van der Waals surface area contributed by atoms with Crippen molar-refractivity contribution >= 4 is 17.5 Å². The molecule has 0 heterocycles. The van der Waals surface area contributed by atoms with Crippen LogP contribution in [0.25, 0.3) is 5.57 Å². The molecule has 0 amide bonds. The molecule has 0 bridgehead atoms. The first-order valence-electron chi connectivity index (χ1n) is 17.3. The fraction of sp³-hybridized carbons (Fsp3) is 0.600. The Kier molecular flexibility index (Phi) is 8.83. The van der Waals surface area contributed by atoms with E-state index in [1.807, 2.05) is 0 Å². The first-order chi connectivity index (χ1) is 21.1. The van der Waals surface area contributed by atoms with Crippen LogP contribution in [0.4, 0.5) is 0 Å². The van der Waals surface area contributed by atoms with E-state index in [0.29, 0.717) is 35.5 Å². The van der Waals surface area contributed by atoms with Crippen molar-refractivity contribution in [2.24, 2.45) is 46.3 Å². The van der Waals surface area contributed by atoms with Gasteiger partial charge in [0.1, 0.15) is 12.2 Å². The number of allylic oxidation sites excluding steroid dienone is 1. The summed E-state index contributed by atoms with van der Waals surface area (Å²) in [5.41, 5.74) is 4.01. The van der Waals surface area contributed by atoms with Crippen LogP contribution in [-0.4, -0.2) is 24.1 Å². The van der Waals surface area contributed by atoms with Crippen LogP contribution in [0.1, 0.15) is 104 Å². The highest BCUT2D eigenvalue weighted by molar-refractivity contribution is 5.79. The lowest BCUT2D eigenvalue weighted by molar-refractivity contribution is -0.197. The second-order valence-electron chi connectivity index (χ2n) is 15.1. The predicted molar refractivity (Wildman–Crippen MR) is 175 cm³/mol. The first-order valence-corrected chi connectivity index (χ1v) is 17.3. The van der Waals surface area contributed by atoms with Gasteiger partial charge in [0.25, 0.3) is 0 Å². The Bertz CT molecular complexity index is 1310. The molecule has 0 radical (unpaired) electrons. The Morgan fingerprint density at radius 2 is 1.45 bits per heavy atom. The monoisotopic (exact) mass is 596 g/mol. The fourth-order valence-electron chi connectivity index (χ4n) is 10.9. The molecule has 0 saturated heterocycles. The maximum atomic E-state index is 12.6. The second kappa shape index (κ2) is 12.5. The van der Waals surface area contributed by atoms with E-state index in [0.717, 1.165) is 32.1 Å². The quantitative estimate of drug-likeness (QED) is 0.299. The molecule has 10 atom stereocenters.